The Morgan fingerprint density at radius 3 is 2.52 bits per heavy atom. The van der Waals surface area contributed by atoms with Crippen molar-refractivity contribution in [2.75, 3.05) is 10.6 Å². The SMILES string of the molecule is CC(C)(C)OC(=O)N[C@H]1CC[C@H](Nc2ncc3c(-c4ccnc(NCc5cccc(C(F)(F)F)c5)n4)n[nH]c3n2)CC1. The summed E-state index contributed by atoms with van der Waals surface area (Å²) in [5.74, 6) is 0.712. The number of rotatable bonds is 7. The molecule has 4 aromatic rings. The van der Waals surface area contributed by atoms with E-state index in [4.69, 9.17) is 4.74 Å². The smallest absolute Gasteiger partial charge is 0.416 e. The minimum absolute atomic E-state index is 0.0637. The molecule has 0 atom stereocenters. The minimum atomic E-state index is -4.41. The normalized spacial score (nSPS) is 17.6. The highest BCUT2D eigenvalue weighted by Gasteiger charge is 2.30. The highest BCUT2D eigenvalue weighted by Crippen LogP contribution is 2.30. The lowest BCUT2D eigenvalue weighted by Crippen LogP contribution is -2.42. The van der Waals surface area contributed by atoms with E-state index in [1.165, 1.54) is 6.07 Å². The van der Waals surface area contributed by atoms with E-state index in [-0.39, 0.29) is 24.6 Å². The van der Waals surface area contributed by atoms with Gasteiger partial charge in [0.2, 0.25) is 11.9 Å². The lowest BCUT2D eigenvalue weighted by Gasteiger charge is -2.30. The van der Waals surface area contributed by atoms with Crippen LogP contribution in [0.5, 0.6) is 0 Å². The number of carbonyl (C=O) groups excluding carboxylic acids is 1. The first-order chi connectivity index (χ1) is 19.9. The average Bonchev–Trinajstić information content (AvgIpc) is 3.35. The summed E-state index contributed by atoms with van der Waals surface area (Å²) in [6.45, 7) is 5.63. The summed E-state index contributed by atoms with van der Waals surface area (Å²) in [6.07, 6.45) is 1.70. The van der Waals surface area contributed by atoms with Crippen molar-refractivity contribution >= 4 is 29.0 Å². The van der Waals surface area contributed by atoms with Crippen LogP contribution in [0.4, 0.5) is 29.9 Å². The number of alkyl halides is 3. The first-order valence-electron chi connectivity index (χ1n) is 13.6. The number of amides is 1. The molecule has 3 aromatic heterocycles. The van der Waals surface area contributed by atoms with Crippen molar-refractivity contribution < 1.29 is 22.7 Å². The van der Waals surface area contributed by atoms with Gasteiger partial charge in [-0.25, -0.2) is 19.7 Å². The average molecular weight is 584 g/mol. The van der Waals surface area contributed by atoms with Gasteiger partial charge in [0.15, 0.2) is 5.65 Å². The number of alkyl carbamates (subject to hydrolysis) is 1. The van der Waals surface area contributed by atoms with Crippen LogP contribution in [0, 0.1) is 0 Å². The lowest BCUT2D eigenvalue weighted by molar-refractivity contribution is -0.137. The fourth-order valence-electron chi connectivity index (χ4n) is 4.73. The third-order valence-corrected chi connectivity index (χ3v) is 6.70. The molecule has 0 bridgehead atoms. The predicted octanol–water partition coefficient (Wildman–Crippen LogP) is 5.69. The number of aromatic nitrogens is 6. The van der Waals surface area contributed by atoms with Crippen LogP contribution in [0.3, 0.4) is 0 Å². The Labute approximate surface area is 240 Å². The standard InChI is InChI=1S/C28H32F3N9O2/c1-27(2,3)42-26(41)36-19-9-7-18(8-10-19)35-25-34-15-20-22(39-40-23(20)38-25)21-11-12-32-24(37-21)33-14-16-5-4-6-17(13-16)28(29,30)31/h4-6,11-13,15,18-19H,7-10,14H2,1-3H3,(H,36,41)(H,32,33,37)(H2,34,35,38,39,40)/t18-,19-. The van der Waals surface area contributed by atoms with Crippen LogP contribution in [-0.2, 0) is 17.5 Å². The van der Waals surface area contributed by atoms with Gasteiger partial charge in [0.05, 0.1) is 16.6 Å². The van der Waals surface area contributed by atoms with Crippen LogP contribution < -0.4 is 16.0 Å². The number of anilines is 2. The second-order valence-corrected chi connectivity index (χ2v) is 11.2. The van der Waals surface area contributed by atoms with Gasteiger partial charge in [-0.2, -0.15) is 23.3 Å². The van der Waals surface area contributed by atoms with Crippen LogP contribution in [0.15, 0.2) is 42.7 Å². The van der Waals surface area contributed by atoms with Gasteiger partial charge in [-0.15, -0.1) is 0 Å². The summed E-state index contributed by atoms with van der Waals surface area (Å²) in [5.41, 5.74) is 0.757. The Morgan fingerprint density at radius 2 is 1.79 bits per heavy atom. The third-order valence-electron chi connectivity index (χ3n) is 6.70. The van der Waals surface area contributed by atoms with E-state index in [0.29, 0.717) is 33.9 Å². The van der Waals surface area contributed by atoms with Crippen molar-refractivity contribution in [3.05, 3.63) is 53.9 Å². The Hall–Kier alpha value is -4.49. The van der Waals surface area contributed by atoms with E-state index < -0.39 is 23.4 Å². The van der Waals surface area contributed by atoms with Crippen molar-refractivity contribution in [1.29, 1.82) is 0 Å². The van der Waals surface area contributed by atoms with Gasteiger partial charge in [-0.1, -0.05) is 12.1 Å². The summed E-state index contributed by atoms with van der Waals surface area (Å²) in [7, 11) is 0. The van der Waals surface area contributed by atoms with Gasteiger partial charge in [0, 0.05) is 31.0 Å². The number of nitrogens with one attached hydrogen (secondary N) is 4. The highest BCUT2D eigenvalue weighted by molar-refractivity contribution is 5.89. The van der Waals surface area contributed by atoms with Gasteiger partial charge < -0.3 is 20.7 Å². The summed E-state index contributed by atoms with van der Waals surface area (Å²) in [4.78, 5) is 29.8. The number of H-pyrrole nitrogens is 1. The molecular formula is C28H32F3N9O2. The van der Waals surface area contributed by atoms with Crippen molar-refractivity contribution in [2.24, 2.45) is 0 Å². The Kier molecular flexibility index (Phi) is 8.14. The second-order valence-electron chi connectivity index (χ2n) is 11.2. The van der Waals surface area contributed by atoms with E-state index in [1.54, 1.807) is 24.5 Å². The molecule has 1 aliphatic carbocycles. The predicted molar refractivity (Wildman–Crippen MR) is 151 cm³/mol. The van der Waals surface area contributed by atoms with Crippen molar-refractivity contribution in [3.8, 4) is 11.4 Å². The van der Waals surface area contributed by atoms with Gasteiger partial charge in [-0.05, 0) is 70.2 Å². The highest BCUT2D eigenvalue weighted by atomic mass is 19.4. The number of ether oxygens (including phenoxy) is 1. The monoisotopic (exact) mass is 583 g/mol. The molecule has 1 aliphatic rings. The Balaban J connectivity index is 1.19. The lowest BCUT2D eigenvalue weighted by atomic mass is 9.91. The van der Waals surface area contributed by atoms with Crippen LogP contribution in [0.1, 0.15) is 57.6 Å². The molecule has 222 valence electrons. The molecule has 11 nitrogen and oxygen atoms in total. The molecule has 1 fully saturated rings. The summed E-state index contributed by atoms with van der Waals surface area (Å²) >= 11 is 0. The molecule has 0 unspecified atom stereocenters. The number of hydrogen-bond donors (Lipinski definition) is 4. The molecule has 4 N–H and O–H groups in total. The quantitative estimate of drug-likeness (QED) is 0.216. The molecule has 1 aromatic carbocycles. The number of carbonyl (C=O) groups is 1. The van der Waals surface area contributed by atoms with Crippen LogP contribution >= 0.6 is 0 Å². The maximum absolute atomic E-state index is 13.0. The number of nitrogens with zero attached hydrogens (tertiary/aromatic N) is 5. The van der Waals surface area contributed by atoms with Gasteiger partial charge in [0.1, 0.15) is 11.3 Å². The van der Waals surface area contributed by atoms with E-state index >= 15 is 0 Å². The maximum Gasteiger partial charge on any atom is 0.416 e. The van der Waals surface area contributed by atoms with Crippen molar-refractivity contribution in [2.45, 2.75) is 76.9 Å². The van der Waals surface area contributed by atoms with E-state index in [0.717, 1.165) is 37.8 Å². The molecule has 5 rings (SSSR count). The number of aromatic amines is 1. The first-order valence-corrected chi connectivity index (χ1v) is 13.6. The summed E-state index contributed by atoms with van der Waals surface area (Å²) in [6, 6.07) is 6.99. The molecule has 0 spiro atoms. The number of fused-ring (bicyclic) bond motifs is 1. The molecule has 42 heavy (non-hydrogen) atoms. The molecule has 1 saturated carbocycles. The molecule has 14 heteroatoms. The Bertz CT molecular complexity index is 1540. The molecular weight excluding hydrogens is 551 g/mol. The fraction of sp³-hybridized carbons (Fsp3) is 0.429. The van der Waals surface area contributed by atoms with Gasteiger partial charge >= 0.3 is 12.3 Å². The molecule has 0 radical (unpaired) electrons. The molecule has 1 amide bonds. The van der Waals surface area contributed by atoms with Crippen LogP contribution in [-0.4, -0.2) is 53.9 Å². The fourth-order valence-corrected chi connectivity index (χ4v) is 4.73. The molecule has 3 heterocycles. The third kappa shape index (κ3) is 7.42. The van der Waals surface area contributed by atoms with Gasteiger partial charge in [0.25, 0.3) is 0 Å². The van der Waals surface area contributed by atoms with E-state index in [2.05, 4.69) is 46.1 Å². The zero-order chi connectivity index (χ0) is 29.9. The topological polar surface area (TPSA) is 143 Å². The second kappa shape index (κ2) is 11.8. The van der Waals surface area contributed by atoms with Gasteiger partial charge in [-0.3, -0.25) is 5.10 Å². The van der Waals surface area contributed by atoms with Crippen molar-refractivity contribution in [1.82, 2.24) is 35.5 Å². The zero-order valence-corrected chi connectivity index (χ0v) is 23.4. The van der Waals surface area contributed by atoms with Crippen LogP contribution in [0.2, 0.25) is 0 Å². The summed E-state index contributed by atoms with van der Waals surface area (Å²) < 4.78 is 44.4. The molecule has 0 saturated heterocycles. The van der Waals surface area contributed by atoms with E-state index in [1.807, 2.05) is 20.8 Å². The molecule has 0 aliphatic heterocycles. The maximum atomic E-state index is 13.0. The zero-order valence-electron chi connectivity index (χ0n) is 23.4. The van der Waals surface area contributed by atoms with Crippen molar-refractivity contribution in [3.63, 3.8) is 0 Å². The summed E-state index contributed by atoms with van der Waals surface area (Å²) in [5, 5.41) is 17.2. The van der Waals surface area contributed by atoms with E-state index in [9.17, 15) is 18.0 Å². The minimum Gasteiger partial charge on any atom is -0.444 e. The number of benzene rings is 1. The van der Waals surface area contributed by atoms with Crippen LogP contribution in [0.25, 0.3) is 22.4 Å². The Morgan fingerprint density at radius 1 is 1.02 bits per heavy atom. The largest absolute Gasteiger partial charge is 0.444 e. The first kappa shape index (κ1) is 29.0. The number of halogens is 3. The number of hydrogen-bond acceptors (Lipinski definition) is 9.